The van der Waals surface area contributed by atoms with Gasteiger partial charge in [-0.3, -0.25) is 4.79 Å². The minimum atomic E-state index is -0.0450. The molecule has 0 unspecified atom stereocenters. The lowest BCUT2D eigenvalue weighted by molar-refractivity contribution is 0.104. The third-order valence-corrected chi connectivity index (χ3v) is 4.10. The van der Waals surface area contributed by atoms with Gasteiger partial charge >= 0.3 is 0 Å². The molecule has 1 aromatic carbocycles. The quantitative estimate of drug-likeness (QED) is 0.779. The Bertz CT molecular complexity index is 565. The number of ether oxygens (including phenoxy) is 1. The lowest BCUT2D eigenvalue weighted by atomic mass is 10.1. The Morgan fingerprint density at radius 1 is 1.35 bits per heavy atom. The second-order valence-electron chi connectivity index (χ2n) is 3.28. The molecule has 0 saturated carbocycles. The van der Waals surface area contributed by atoms with Crippen LogP contribution in [0.4, 0.5) is 0 Å². The molecule has 17 heavy (non-hydrogen) atoms. The van der Waals surface area contributed by atoms with Crippen molar-refractivity contribution < 1.29 is 9.53 Å². The van der Waals surface area contributed by atoms with Gasteiger partial charge in [-0.05, 0) is 46.3 Å². The van der Waals surface area contributed by atoms with Crippen molar-refractivity contribution in [3.63, 3.8) is 0 Å². The van der Waals surface area contributed by atoms with Gasteiger partial charge in [0.05, 0.1) is 16.3 Å². The minimum absolute atomic E-state index is 0.0450. The first kappa shape index (κ1) is 12.6. The molecule has 1 aromatic heterocycles. The first-order valence-corrected chi connectivity index (χ1v) is 6.74. The fourth-order valence-corrected chi connectivity index (χ4v) is 2.91. The maximum atomic E-state index is 12.2. The van der Waals surface area contributed by atoms with E-state index in [0.29, 0.717) is 25.0 Å². The van der Waals surface area contributed by atoms with Crippen molar-refractivity contribution in [1.29, 1.82) is 0 Å². The molecule has 0 spiro atoms. The van der Waals surface area contributed by atoms with Gasteiger partial charge in [0.2, 0.25) is 5.78 Å². The van der Waals surface area contributed by atoms with Crippen LogP contribution >= 0.6 is 38.9 Å². The first-order chi connectivity index (χ1) is 8.11. The van der Waals surface area contributed by atoms with Crippen molar-refractivity contribution in [2.45, 2.75) is 0 Å². The number of carbonyl (C=O) groups is 1. The number of hydrogen-bond acceptors (Lipinski definition) is 3. The fraction of sp³-hybridized carbons (Fsp3) is 0.0833. The first-order valence-electron chi connectivity index (χ1n) is 4.75. The number of thiophene rings is 1. The highest BCUT2D eigenvalue weighted by atomic mass is 79.9. The van der Waals surface area contributed by atoms with E-state index >= 15 is 0 Å². The Morgan fingerprint density at radius 3 is 2.65 bits per heavy atom. The molecule has 88 valence electrons. The van der Waals surface area contributed by atoms with E-state index in [2.05, 4.69) is 15.9 Å². The number of hydrogen-bond donors (Lipinski definition) is 0. The van der Waals surface area contributed by atoms with Crippen molar-refractivity contribution in [3.05, 3.63) is 49.6 Å². The number of ketones is 1. The average molecular weight is 332 g/mol. The van der Waals surface area contributed by atoms with Crippen LogP contribution in [0.25, 0.3) is 0 Å². The van der Waals surface area contributed by atoms with Crippen LogP contribution in [0.5, 0.6) is 5.75 Å². The van der Waals surface area contributed by atoms with Crippen LogP contribution in [-0.2, 0) is 0 Å². The molecule has 0 aliphatic carbocycles. The van der Waals surface area contributed by atoms with Crippen LogP contribution in [0.2, 0.25) is 4.34 Å². The van der Waals surface area contributed by atoms with E-state index in [1.54, 1.807) is 37.4 Å². The highest BCUT2D eigenvalue weighted by Gasteiger charge is 2.15. The molecule has 0 atom stereocenters. The SMILES string of the molecule is COc1ccc(C(=O)c2ccc(Cl)s2)c(Br)c1. The zero-order valence-electron chi connectivity index (χ0n) is 8.87. The zero-order valence-corrected chi connectivity index (χ0v) is 12.0. The van der Waals surface area contributed by atoms with E-state index in [-0.39, 0.29) is 5.78 Å². The summed E-state index contributed by atoms with van der Waals surface area (Å²) in [5, 5.41) is 0. The van der Waals surface area contributed by atoms with E-state index < -0.39 is 0 Å². The standard InChI is InChI=1S/C12H8BrClO2S/c1-16-7-2-3-8(9(13)6-7)12(15)10-4-5-11(14)17-10/h2-6H,1H3. The molecule has 0 amide bonds. The maximum Gasteiger partial charge on any atom is 0.204 e. The zero-order chi connectivity index (χ0) is 12.4. The van der Waals surface area contributed by atoms with E-state index in [4.69, 9.17) is 16.3 Å². The van der Waals surface area contributed by atoms with Gasteiger partial charge in [-0.15, -0.1) is 11.3 Å². The topological polar surface area (TPSA) is 26.3 Å². The van der Waals surface area contributed by atoms with Gasteiger partial charge in [0.1, 0.15) is 5.75 Å². The van der Waals surface area contributed by atoms with Gasteiger partial charge in [0.15, 0.2) is 0 Å². The van der Waals surface area contributed by atoms with Crippen molar-refractivity contribution >= 4 is 44.7 Å². The second kappa shape index (κ2) is 5.21. The highest BCUT2D eigenvalue weighted by molar-refractivity contribution is 9.10. The lowest BCUT2D eigenvalue weighted by Gasteiger charge is -2.04. The van der Waals surface area contributed by atoms with E-state index in [9.17, 15) is 4.79 Å². The Morgan fingerprint density at radius 2 is 2.12 bits per heavy atom. The summed E-state index contributed by atoms with van der Waals surface area (Å²) in [6.07, 6.45) is 0. The van der Waals surface area contributed by atoms with Gasteiger partial charge in [-0.25, -0.2) is 0 Å². The third kappa shape index (κ3) is 2.70. The number of rotatable bonds is 3. The molecule has 0 saturated heterocycles. The Kier molecular flexibility index (Phi) is 3.86. The molecule has 1 heterocycles. The summed E-state index contributed by atoms with van der Waals surface area (Å²) in [7, 11) is 1.59. The summed E-state index contributed by atoms with van der Waals surface area (Å²) < 4.78 is 6.40. The maximum absolute atomic E-state index is 12.2. The summed E-state index contributed by atoms with van der Waals surface area (Å²) in [4.78, 5) is 12.8. The summed E-state index contributed by atoms with van der Waals surface area (Å²) >= 11 is 10.5. The summed E-state index contributed by atoms with van der Waals surface area (Å²) in [5.74, 6) is 0.661. The van der Waals surface area contributed by atoms with Gasteiger partial charge in [-0.1, -0.05) is 11.6 Å². The van der Waals surface area contributed by atoms with Crippen molar-refractivity contribution in [2.75, 3.05) is 7.11 Å². The van der Waals surface area contributed by atoms with Crippen molar-refractivity contribution in [3.8, 4) is 5.75 Å². The largest absolute Gasteiger partial charge is 0.497 e. The monoisotopic (exact) mass is 330 g/mol. The number of methoxy groups -OCH3 is 1. The number of benzene rings is 1. The molecule has 2 nitrogen and oxygen atoms in total. The predicted molar refractivity (Wildman–Crippen MR) is 73.5 cm³/mol. The molecule has 0 aliphatic heterocycles. The molecular formula is C12H8BrClO2S. The molecule has 0 radical (unpaired) electrons. The molecule has 2 aromatic rings. The summed E-state index contributed by atoms with van der Waals surface area (Å²) in [6, 6.07) is 8.71. The van der Waals surface area contributed by atoms with Crippen LogP contribution < -0.4 is 4.74 Å². The highest BCUT2D eigenvalue weighted by Crippen LogP contribution is 2.28. The van der Waals surface area contributed by atoms with Crippen molar-refractivity contribution in [2.24, 2.45) is 0 Å². The Labute approximate surface area is 116 Å². The Hall–Kier alpha value is -0.840. The minimum Gasteiger partial charge on any atom is -0.497 e. The van der Waals surface area contributed by atoms with Crippen LogP contribution in [0, 0.1) is 0 Å². The molecular weight excluding hydrogens is 324 g/mol. The smallest absolute Gasteiger partial charge is 0.204 e. The number of carbonyl (C=O) groups excluding carboxylic acids is 1. The van der Waals surface area contributed by atoms with Gasteiger partial charge in [0, 0.05) is 10.0 Å². The van der Waals surface area contributed by atoms with Gasteiger partial charge < -0.3 is 4.74 Å². The van der Waals surface area contributed by atoms with Gasteiger partial charge in [0.25, 0.3) is 0 Å². The van der Waals surface area contributed by atoms with Crippen LogP contribution in [0.15, 0.2) is 34.8 Å². The van der Waals surface area contributed by atoms with Crippen LogP contribution in [0.3, 0.4) is 0 Å². The summed E-state index contributed by atoms with van der Waals surface area (Å²) in [6.45, 7) is 0. The predicted octanol–water partition coefficient (Wildman–Crippen LogP) is 4.40. The average Bonchev–Trinajstić information content (AvgIpc) is 2.75. The molecule has 0 N–H and O–H groups in total. The molecule has 5 heteroatoms. The van der Waals surface area contributed by atoms with Crippen LogP contribution in [0.1, 0.15) is 15.2 Å². The normalized spacial score (nSPS) is 10.3. The van der Waals surface area contributed by atoms with Crippen LogP contribution in [-0.4, -0.2) is 12.9 Å². The van der Waals surface area contributed by atoms with E-state index in [1.807, 2.05) is 0 Å². The van der Waals surface area contributed by atoms with E-state index in [0.717, 1.165) is 0 Å². The molecule has 2 rings (SSSR count). The second-order valence-corrected chi connectivity index (χ2v) is 5.85. The van der Waals surface area contributed by atoms with E-state index in [1.165, 1.54) is 11.3 Å². The lowest BCUT2D eigenvalue weighted by Crippen LogP contribution is -1.99. The third-order valence-electron chi connectivity index (χ3n) is 2.22. The van der Waals surface area contributed by atoms with Crippen molar-refractivity contribution in [1.82, 2.24) is 0 Å². The fourth-order valence-electron chi connectivity index (χ4n) is 1.38. The number of halogens is 2. The molecule has 0 bridgehead atoms. The van der Waals surface area contributed by atoms with Gasteiger partial charge in [-0.2, -0.15) is 0 Å². The summed E-state index contributed by atoms with van der Waals surface area (Å²) in [5.41, 5.74) is 0.601. The molecule has 0 fully saturated rings. The Balaban J connectivity index is 2.37. The molecule has 0 aliphatic rings.